The third kappa shape index (κ3) is 5.43. The molecule has 1 aliphatic rings. The molecule has 0 aliphatic carbocycles. The van der Waals surface area contributed by atoms with Gasteiger partial charge in [-0.3, -0.25) is 4.98 Å². The van der Waals surface area contributed by atoms with Crippen molar-refractivity contribution in [3.05, 3.63) is 90.3 Å². The Morgan fingerprint density at radius 3 is 2.64 bits per heavy atom. The number of halogens is 3. The molecule has 0 spiro atoms. The molecule has 0 fully saturated rings. The zero-order valence-corrected chi connectivity index (χ0v) is 18.1. The van der Waals surface area contributed by atoms with Crippen molar-refractivity contribution in [3.8, 4) is 17.1 Å². The molecular formula is C24H22F3N5O. The Balaban J connectivity index is 1.62. The quantitative estimate of drug-likeness (QED) is 0.505. The predicted molar refractivity (Wildman–Crippen MR) is 121 cm³/mol. The number of alkyl halides is 3. The Kier molecular flexibility index (Phi) is 5.95. The van der Waals surface area contributed by atoms with Gasteiger partial charge in [0.25, 0.3) is 0 Å². The number of hydrogen-bond acceptors (Lipinski definition) is 5. The summed E-state index contributed by atoms with van der Waals surface area (Å²) in [5, 5.41) is 3.09. The molecule has 0 amide bonds. The predicted octanol–water partition coefficient (Wildman–Crippen LogP) is 5.65. The van der Waals surface area contributed by atoms with Gasteiger partial charge in [-0.25, -0.2) is 4.98 Å². The largest absolute Gasteiger partial charge is 0.573 e. The Morgan fingerprint density at radius 1 is 1.12 bits per heavy atom. The third-order valence-corrected chi connectivity index (χ3v) is 4.94. The van der Waals surface area contributed by atoms with E-state index in [4.69, 9.17) is 4.98 Å². The third-order valence-electron chi connectivity index (χ3n) is 4.94. The van der Waals surface area contributed by atoms with Gasteiger partial charge in [0.1, 0.15) is 11.6 Å². The molecule has 9 heteroatoms. The number of benzene rings is 1. The van der Waals surface area contributed by atoms with Gasteiger partial charge < -0.3 is 19.9 Å². The molecular weight excluding hydrogens is 431 g/mol. The van der Waals surface area contributed by atoms with Crippen LogP contribution in [-0.4, -0.2) is 33.3 Å². The van der Waals surface area contributed by atoms with Crippen molar-refractivity contribution in [1.29, 1.82) is 0 Å². The van der Waals surface area contributed by atoms with Gasteiger partial charge in [0.2, 0.25) is 0 Å². The molecule has 3 aromatic rings. The summed E-state index contributed by atoms with van der Waals surface area (Å²) in [6.07, 6.45) is 1.03. The van der Waals surface area contributed by atoms with E-state index in [1.165, 1.54) is 18.2 Å². The summed E-state index contributed by atoms with van der Waals surface area (Å²) in [5.41, 5.74) is 5.28. The number of imidazole rings is 1. The van der Waals surface area contributed by atoms with Crippen LogP contribution < -0.4 is 10.1 Å². The first-order valence-corrected chi connectivity index (χ1v) is 10.1. The number of nitrogens with zero attached hydrogens (tertiary/aromatic N) is 3. The Labute approximate surface area is 189 Å². The molecule has 0 saturated heterocycles. The van der Waals surface area contributed by atoms with Gasteiger partial charge in [-0.2, -0.15) is 0 Å². The maximum atomic E-state index is 12.5. The minimum absolute atomic E-state index is 0.258. The van der Waals surface area contributed by atoms with Crippen LogP contribution in [0.3, 0.4) is 0 Å². The molecule has 4 rings (SSSR count). The zero-order chi connectivity index (χ0) is 23.6. The summed E-state index contributed by atoms with van der Waals surface area (Å²) in [6.45, 7) is 6.15. The maximum absolute atomic E-state index is 12.5. The number of H-pyrrole nitrogens is 1. The highest BCUT2D eigenvalue weighted by molar-refractivity contribution is 5.82. The van der Waals surface area contributed by atoms with Gasteiger partial charge in [0.15, 0.2) is 0 Å². The van der Waals surface area contributed by atoms with Gasteiger partial charge in [-0.15, -0.1) is 13.2 Å². The van der Waals surface area contributed by atoms with E-state index >= 15 is 0 Å². The van der Waals surface area contributed by atoms with Gasteiger partial charge >= 0.3 is 6.36 Å². The highest BCUT2D eigenvalue weighted by Crippen LogP contribution is 2.30. The molecule has 2 N–H and O–H groups in total. The topological polar surface area (TPSA) is 66.1 Å². The smallest absolute Gasteiger partial charge is 0.406 e. The van der Waals surface area contributed by atoms with Crippen LogP contribution in [0.2, 0.25) is 0 Å². The molecule has 0 bridgehead atoms. The number of aromatic amines is 1. The van der Waals surface area contributed by atoms with E-state index in [9.17, 15) is 13.2 Å². The molecule has 0 atom stereocenters. The van der Waals surface area contributed by atoms with Gasteiger partial charge in [-0.1, -0.05) is 18.7 Å². The van der Waals surface area contributed by atoms with Crippen molar-refractivity contribution in [1.82, 2.24) is 19.9 Å². The number of hydrogen-bond donors (Lipinski definition) is 2. The van der Waals surface area contributed by atoms with Crippen LogP contribution in [0.4, 0.5) is 18.9 Å². The maximum Gasteiger partial charge on any atom is 0.573 e. The summed E-state index contributed by atoms with van der Waals surface area (Å²) in [7, 11) is 1.90. The summed E-state index contributed by atoms with van der Waals surface area (Å²) in [6, 6.07) is 11.4. The van der Waals surface area contributed by atoms with Crippen LogP contribution in [0.15, 0.2) is 73.1 Å². The van der Waals surface area contributed by atoms with Crippen molar-refractivity contribution < 1.29 is 17.9 Å². The number of rotatable bonds is 6. The van der Waals surface area contributed by atoms with Crippen molar-refractivity contribution in [2.24, 2.45) is 0 Å². The molecule has 0 unspecified atom stereocenters. The molecule has 0 radical (unpaired) electrons. The number of pyridine rings is 1. The molecule has 0 saturated carbocycles. The molecule has 170 valence electrons. The average Bonchev–Trinajstić information content (AvgIpc) is 3.18. The lowest BCUT2D eigenvalue weighted by atomic mass is 10.1. The number of nitrogens with one attached hydrogen (secondary N) is 2. The number of anilines is 1. The summed E-state index contributed by atoms with van der Waals surface area (Å²) in [5.74, 6) is 0.310. The van der Waals surface area contributed by atoms with Crippen LogP contribution in [0, 0.1) is 6.92 Å². The summed E-state index contributed by atoms with van der Waals surface area (Å²) >= 11 is 0. The number of aromatic nitrogens is 3. The SMILES string of the molecule is C=C1C=CC(c2nc(CNc3cccc(OC(F)(F)F)c3)[nH]c2-c2cccc(C)n2)=CN1C. The fourth-order valence-corrected chi connectivity index (χ4v) is 3.35. The molecule has 3 heterocycles. The lowest BCUT2D eigenvalue weighted by Gasteiger charge is -2.19. The second kappa shape index (κ2) is 8.85. The fourth-order valence-electron chi connectivity index (χ4n) is 3.35. The lowest BCUT2D eigenvalue weighted by molar-refractivity contribution is -0.274. The number of aryl methyl sites for hydroxylation is 1. The van der Waals surface area contributed by atoms with Crippen molar-refractivity contribution >= 4 is 11.3 Å². The van der Waals surface area contributed by atoms with Crippen molar-refractivity contribution in [3.63, 3.8) is 0 Å². The Hall–Kier alpha value is -4.01. The summed E-state index contributed by atoms with van der Waals surface area (Å²) in [4.78, 5) is 14.6. The second-order valence-corrected chi connectivity index (χ2v) is 7.52. The first-order valence-electron chi connectivity index (χ1n) is 10.1. The van der Waals surface area contributed by atoms with Gasteiger partial charge in [-0.05, 0) is 43.3 Å². The fraction of sp³-hybridized carbons (Fsp3) is 0.167. The van der Waals surface area contributed by atoms with Crippen molar-refractivity contribution in [2.75, 3.05) is 12.4 Å². The van der Waals surface area contributed by atoms with E-state index < -0.39 is 6.36 Å². The Morgan fingerprint density at radius 2 is 1.91 bits per heavy atom. The minimum Gasteiger partial charge on any atom is -0.406 e. The van der Waals surface area contributed by atoms with E-state index in [1.54, 1.807) is 6.07 Å². The van der Waals surface area contributed by atoms with Crippen LogP contribution in [-0.2, 0) is 6.54 Å². The van der Waals surface area contributed by atoms with Gasteiger partial charge in [0, 0.05) is 42.0 Å². The average molecular weight is 453 g/mol. The molecule has 2 aromatic heterocycles. The van der Waals surface area contributed by atoms with Crippen LogP contribution in [0.1, 0.15) is 17.2 Å². The highest BCUT2D eigenvalue weighted by atomic mass is 19.4. The Bertz CT molecular complexity index is 1240. The number of likely N-dealkylation sites (N-methyl/N-ethyl adjacent to an activating group) is 1. The van der Waals surface area contributed by atoms with Crippen LogP contribution in [0.5, 0.6) is 5.75 Å². The highest BCUT2D eigenvalue weighted by Gasteiger charge is 2.31. The molecule has 33 heavy (non-hydrogen) atoms. The number of allylic oxidation sites excluding steroid dienone is 3. The molecule has 6 nitrogen and oxygen atoms in total. The second-order valence-electron chi connectivity index (χ2n) is 7.52. The zero-order valence-electron chi connectivity index (χ0n) is 18.1. The van der Waals surface area contributed by atoms with Crippen LogP contribution >= 0.6 is 0 Å². The number of ether oxygens (including phenoxy) is 1. The standard InChI is InChI=1S/C24H22F3N5O/c1-15-6-4-9-20(29-15)23-22(17-11-10-16(2)32(3)14-17)30-21(31-23)13-28-18-7-5-8-19(12-18)33-24(25,26)27/h4-12,14,28H,2,13H2,1,3H3,(H,30,31). The summed E-state index contributed by atoms with van der Waals surface area (Å²) < 4.78 is 41.5. The van der Waals surface area contributed by atoms with E-state index in [1.807, 2.05) is 55.4 Å². The first kappa shape index (κ1) is 22.2. The monoisotopic (exact) mass is 453 g/mol. The van der Waals surface area contributed by atoms with E-state index in [0.29, 0.717) is 11.5 Å². The first-order chi connectivity index (χ1) is 15.7. The normalized spacial score (nSPS) is 13.8. The van der Waals surface area contributed by atoms with E-state index in [0.717, 1.165) is 34.0 Å². The molecule has 1 aromatic carbocycles. The lowest BCUT2D eigenvalue weighted by Crippen LogP contribution is -2.17. The van der Waals surface area contributed by atoms with E-state index in [-0.39, 0.29) is 12.3 Å². The van der Waals surface area contributed by atoms with Crippen molar-refractivity contribution in [2.45, 2.75) is 19.8 Å². The van der Waals surface area contributed by atoms with Crippen LogP contribution in [0.25, 0.3) is 17.0 Å². The van der Waals surface area contributed by atoms with E-state index in [2.05, 4.69) is 26.6 Å². The van der Waals surface area contributed by atoms with Gasteiger partial charge in [0.05, 0.1) is 23.6 Å². The molecule has 1 aliphatic heterocycles. The minimum atomic E-state index is -4.75.